The number of aliphatic hydroxyl groups is 1. The van der Waals surface area contributed by atoms with Crippen molar-refractivity contribution in [1.29, 1.82) is 0 Å². The normalized spacial score (nSPS) is 16.9. The lowest BCUT2D eigenvalue weighted by Gasteiger charge is -2.31. The predicted molar refractivity (Wildman–Crippen MR) is 78.2 cm³/mol. The molecule has 0 aliphatic rings. The Morgan fingerprint density at radius 2 is 1.74 bits per heavy atom. The summed E-state index contributed by atoms with van der Waals surface area (Å²) in [6, 6.07) is -0.114. The van der Waals surface area contributed by atoms with Crippen LogP contribution in [-0.4, -0.2) is 68.1 Å². The molecule has 0 aromatic heterocycles. The summed E-state index contributed by atoms with van der Waals surface area (Å²) in [6.07, 6.45) is -0.0437. The van der Waals surface area contributed by atoms with E-state index in [0.29, 0.717) is 6.42 Å². The minimum Gasteiger partial charge on any atom is -0.390 e. The fraction of sp³-hybridized carbons (Fsp3) is 1.00. The van der Waals surface area contributed by atoms with Gasteiger partial charge in [-0.2, -0.15) is 17.4 Å². The summed E-state index contributed by atoms with van der Waals surface area (Å²) < 4.78 is 28.0. The van der Waals surface area contributed by atoms with E-state index in [1.54, 1.807) is 0 Å². The molecule has 0 bridgehead atoms. The highest BCUT2D eigenvalue weighted by atomic mass is 32.2. The molecule has 0 aromatic rings. The SMILES string of the molecule is CCC(C)(C)NS(=O)(=O)N(C)CC(O)[C@H](C)N(C)C. The Kier molecular flexibility index (Phi) is 6.91. The summed E-state index contributed by atoms with van der Waals surface area (Å²) in [4.78, 5) is 1.86. The van der Waals surface area contributed by atoms with Gasteiger partial charge in [0.15, 0.2) is 0 Å². The summed E-state index contributed by atoms with van der Waals surface area (Å²) in [5, 5.41) is 10.0. The van der Waals surface area contributed by atoms with Gasteiger partial charge in [0, 0.05) is 25.2 Å². The van der Waals surface area contributed by atoms with Gasteiger partial charge in [-0.3, -0.25) is 0 Å². The standard InChI is InChI=1S/C12H29N3O3S/c1-8-12(3,4)13-19(17,18)15(7)9-11(16)10(2)14(5)6/h10-11,13,16H,8-9H2,1-7H3/t10-,11?/m0/s1. The van der Waals surface area contributed by atoms with Crippen molar-refractivity contribution in [3.8, 4) is 0 Å². The van der Waals surface area contributed by atoms with E-state index in [9.17, 15) is 13.5 Å². The number of hydrogen-bond donors (Lipinski definition) is 2. The molecule has 0 aliphatic heterocycles. The van der Waals surface area contributed by atoms with Crippen LogP contribution in [0.5, 0.6) is 0 Å². The fourth-order valence-electron chi connectivity index (χ4n) is 1.36. The van der Waals surface area contributed by atoms with Gasteiger partial charge in [-0.1, -0.05) is 6.92 Å². The molecule has 0 aromatic carbocycles. The molecule has 0 saturated heterocycles. The third-order valence-electron chi connectivity index (χ3n) is 3.52. The van der Waals surface area contributed by atoms with Gasteiger partial charge >= 0.3 is 0 Å². The number of nitrogens with zero attached hydrogens (tertiary/aromatic N) is 2. The summed E-state index contributed by atoms with van der Waals surface area (Å²) in [7, 11) is 1.59. The van der Waals surface area contributed by atoms with Crippen LogP contribution in [0.4, 0.5) is 0 Å². The molecule has 0 heterocycles. The van der Waals surface area contributed by atoms with E-state index < -0.39 is 21.9 Å². The summed E-state index contributed by atoms with van der Waals surface area (Å²) in [5.74, 6) is 0. The summed E-state index contributed by atoms with van der Waals surface area (Å²) >= 11 is 0. The Balaban J connectivity index is 4.69. The molecular formula is C12H29N3O3S. The van der Waals surface area contributed by atoms with E-state index in [-0.39, 0.29) is 12.6 Å². The first-order valence-electron chi connectivity index (χ1n) is 6.52. The maximum atomic E-state index is 12.1. The Morgan fingerprint density at radius 3 is 2.11 bits per heavy atom. The fourth-order valence-corrected chi connectivity index (χ4v) is 2.70. The monoisotopic (exact) mass is 295 g/mol. The first kappa shape index (κ1) is 18.8. The molecule has 0 rings (SSSR count). The Labute approximate surface area is 118 Å². The van der Waals surface area contributed by atoms with Crippen LogP contribution in [0.15, 0.2) is 0 Å². The average molecular weight is 295 g/mol. The zero-order chi connectivity index (χ0) is 15.4. The molecular weight excluding hydrogens is 266 g/mol. The highest BCUT2D eigenvalue weighted by Crippen LogP contribution is 2.11. The van der Waals surface area contributed by atoms with E-state index in [0.717, 1.165) is 4.31 Å². The second-order valence-corrected chi connectivity index (χ2v) is 7.67. The van der Waals surface area contributed by atoms with Crippen molar-refractivity contribution in [2.24, 2.45) is 0 Å². The van der Waals surface area contributed by atoms with Crippen molar-refractivity contribution >= 4 is 10.2 Å². The van der Waals surface area contributed by atoms with Crippen molar-refractivity contribution in [2.45, 2.75) is 51.8 Å². The molecule has 0 radical (unpaired) electrons. The largest absolute Gasteiger partial charge is 0.390 e. The van der Waals surface area contributed by atoms with E-state index in [2.05, 4.69) is 4.72 Å². The zero-order valence-corrected chi connectivity index (χ0v) is 14.0. The molecule has 6 nitrogen and oxygen atoms in total. The third-order valence-corrected chi connectivity index (χ3v) is 5.30. The Morgan fingerprint density at radius 1 is 1.26 bits per heavy atom. The van der Waals surface area contributed by atoms with E-state index in [1.807, 2.05) is 46.7 Å². The summed E-state index contributed by atoms with van der Waals surface area (Å²) in [6.45, 7) is 7.50. The van der Waals surface area contributed by atoms with Crippen molar-refractivity contribution in [1.82, 2.24) is 13.9 Å². The van der Waals surface area contributed by atoms with Gasteiger partial charge in [0.2, 0.25) is 0 Å². The highest BCUT2D eigenvalue weighted by molar-refractivity contribution is 7.87. The van der Waals surface area contributed by atoms with Gasteiger partial charge in [-0.15, -0.1) is 0 Å². The quantitative estimate of drug-likeness (QED) is 0.673. The van der Waals surface area contributed by atoms with Crippen LogP contribution in [0.2, 0.25) is 0 Å². The lowest BCUT2D eigenvalue weighted by Crippen LogP contribution is -2.52. The van der Waals surface area contributed by atoms with Gasteiger partial charge < -0.3 is 10.0 Å². The van der Waals surface area contributed by atoms with Crippen molar-refractivity contribution in [3.63, 3.8) is 0 Å². The second kappa shape index (κ2) is 6.99. The van der Waals surface area contributed by atoms with Gasteiger partial charge in [0.05, 0.1) is 6.10 Å². The van der Waals surface area contributed by atoms with Crippen LogP contribution in [0, 0.1) is 0 Å². The lowest BCUT2D eigenvalue weighted by molar-refractivity contribution is 0.0727. The van der Waals surface area contributed by atoms with Gasteiger partial charge in [0.25, 0.3) is 10.2 Å². The molecule has 0 saturated carbocycles. The Bertz CT molecular complexity index is 368. The molecule has 0 fully saturated rings. The smallest absolute Gasteiger partial charge is 0.279 e. The van der Waals surface area contributed by atoms with Gasteiger partial charge in [0.1, 0.15) is 0 Å². The molecule has 0 amide bonds. The minimum absolute atomic E-state index is 0.0640. The first-order chi connectivity index (χ1) is 8.43. The molecule has 19 heavy (non-hydrogen) atoms. The van der Waals surface area contributed by atoms with E-state index in [1.165, 1.54) is 7.05 Å². The van der Waals surface area contributed by atoms with Crippen molar-refractivity contribution < 1.29 is 13.5 Å². The number of nitrogens with one attached hydrogen (secondary N) is 1. The van der Waals surface area contributed by atoms with Gasteiger partial charge in [-0.05, 0) is 41.3 Å². The third kappa shape index (κ3) is 6.18. The number of rotatable bonds is 8. The summed E-state index contributed by atoms with van der Waals surface area (Å²) in [5.41, 5.74) is -0.495. The minimum atomic E-state index is -3.58. The van der Waals surface area contributed by atoms with Crippen LogP contribution in [0.25, 0.3) is 0 Å². The Hall–Kier alpha value is -0.210. The number of hydrogen-bond acceptors (Lipinski definition) is 4. The maximum Gasteiger partial charge on any atom is 0.279 e. The molecule has 7 heteroatoms. The first-order valence-corrected chi connectivity index (χ1v) is 7.96. The average Bonchev–Trinajstić information content (AvgIpc) is 2.26. The van der Waals surface area contributed by atoms with Crippen molar-refractivity contribution in [2.75, 3.05) is 27.7 Å². The van der Waals surface area contributed by atoms with Crippen LogP contribution in [-0.2, 0) is 10.2 Å². The molecule has 116 valence electrons. The topological polar surface area (TPSA) is 72.9 Å². The highest BCUT2D eigenvalue weighted by Gasteiger charge is 2.29. The van der Waals surface area contributed by atoms with Crippen molar-refractivity contribution in [3.05, 3.63) is 0 Å². The molecule has 0 aliphatic carbocycles. The lowest BCUT2D eigenvalue weighted by atomic mass is 10.0. The van der Waals surface area contributed by atoms with E-state index >= 15 is 0 Å². The van der Waals surface area contributed by atoms with E-state index in [4.69, 9.17) is 0 Å². The molecule has 2 N–H and O–H groups in total. The number of likely N-dealkylation sites (N-methyl/N-ethyl adjacent to an activating group) is 2. The van der Waals surface area contributed by atoms with Crippen LogP contribution < -0.4 is 4.72 Å². The maximum absolute atomic E-state index is 12.1. The van der Waals surface area contributed by atoms with Crippen LogP contribution in [0.3, 0.4) is 0 Å². The molecule has 2 atom stereocenters. The van der Waals surface area contributed by atoms with Gasteiger partial charge in [-0.25, -0.2) is 0 Å². The predicted octanol–water partition coefficient (Wildman–Crippen LogP) is 0.252. The van der Waals surface area contributed by atoms with Crippen LogP contribution in [0.1, 0.15) is 34.1 Å². The molecule has 0 spiro atoms. The molecule has 1 unspecified atom stereocenters. The number of aliphatic hydroxyl groups excluding tert-OH is 1. The zero-order valence-electron chi connectivity index (χ0n) is 13.1. The second-order valence-electron chi connectivity index (χ2n) is 5.90. The van der Waals surface area contributed by atoms with Crippen LogP contribution >= 0.6 is 0 Å².